The number of hydrogen-bond acceptors (Lipinski definition) is 7. The number of carbonyl (C=O) groups is 1. The molecule has 2 N–H and O–H groups in total. The van der Waals surface area contributed by atoms with Crippen molar-refractivity contribution in [3.8, 4) is 17.2 Å². The standard InChI is InChI=1S/C19H24O7/c1-4-6-7-8-12(5-2)25-18-16(22)14-13(26-19(18)23)9-11(10-20)17(24-3)15(14)21/h9,12,18,21-22H,4-8H2,1-3H3. The van der Waals surface area contributed by atoms with Gasteiger partial charge in [-0.3, -0.25) is 0 Å². The summed E-state index contributed by atoms with van der Waals surface area (Å²) in [5, 5.41) is 20.7. The summed E-state index contributed by atoms with van der Waals surface area (Å²) in [6.45, 7) is 4.03. The molecule has 0 spiro atoms. The molecule has 26 heavy (non-hydrogen) atoms. The van der Waals surface area contributed by atoms with E-state index in [2.05, 4.69) is 6.92 Å². The van der Waals surface area contributed by atoms with E-state index in [9.17, 15) is 19.8 Å². The van der Waals surface area contributed by atoms with Crippen molar-refractivity contribution < 1.29 is 34.0 Å². The van der Waals surface area contributed by atoms with E-state index in [0.29, 0.717) is 6.42 Å². The van der Waals surface area contributed by atoms with Gasteiger partial charge in [-0.15, -0.1) is 0 Å². The van der Waals surface area contributed by atoms with Crippen molar-refractivity contribution in [3.05, 3.63) is 16.5 Å². The third kappa shape index (κ3) is 3.84. The molecule has 0 amide bonds. The number of aliphatic hydroxyl groups is 1. The lowest BCUT2D eigenvalue weighted by Gasteiger charge is -2.26. The molecule has 0 saturated heterocycles. The van der Waals surface area contributed by atoms with Crippen molar-refractivity contribution in [3.63, 3.8) is 0 Å². The van der Waals surface area contributed by atoms with Crippen LogP contribution in [0.3, 0.4) is 0 Å². The van der Waals surface area contributed by atoms with Crippen molar-refractivity contribution in [2.75, 3.05) is 7.11 Å². The van der Waals surface area contributed by atoms with Crippen LogP contribution >= 0.6 is 0 Å². The highest BCUT2D eigenvalue weighted by molar-refractivity contribution is 5.89. The summed E-state index contributed by atoms with van der Waals surface area (Å²) < 4.78 is 15.9. The fourth-order valence-corrected chi connectivity index (χ4v) is 2.94. The van der Waals surface area contributed by atoms with Crippen LogP contribution in [0.25, 0.3) is 5.76 Å². The Kier molecular flexibility index (Phi) is 6.66. The number of hydrogen-bond donors (Lipinski definition) is 2. The number of methoxy groups -OCH3 is 1. The molecule has 1 aliphatic rings. The first kappa shape index (κ1) is 19.8. The molecule has 0 aliphatic carbocycles. The van der Waals surface area contributed by atoms with Crippen LogP contribution in [0.15, 0.2) is 6.07 Å². The molecular weight excluding hydrogens is 340 g/mol. The van der Waals surface area contributed by atoms with Crippen molar-refractivity contribution in [2.24, 2.45) is 0 Å². The Morgan fingerprint density at radius 3 is 2.62 bits per heavy atom. The number of aliphatic hydroxyl groups excluding tert-OH is 1. The molecular formula is C19H24O7. The van der Waals surface area contributed by atoms with Gasteiger partial charge >= 0.3 is 5.97 Å². The zero-order valence-electron chi connectivity index (χ0n) is 15.2. The fourth-order valence-electron chi connectivity index (χ4n) is 2.94. The maximum atomic E-state index is 12.3. The highest BCUT2D eigenvalue weighted by Crippen LogP contribution is 2.26. The summed E-state index contributed by atoms with van der Waals surface area (Å²) in [4.78, 5) is 23.3. The highest BCUT2D eigenvalue weighted by atomic mass is 16.6. The lowest BCUT2D eigenvalue weighted by atomic mass is 10.1. The van der Waals surface area contributed by atoms with Gasteiger partial charge in [-0.1, -0.05) is 33.1 Å². The average Bonchev–Trinajstić information content (AvgIpc) is 2.62. The van der Waals surface area contributed by atoms with Gasteiger partial charge < -0.3 is 24.4 Å². The number of rotatable bonds is 8. The summed E-state index contributed by atoms with van der Waals surface area (Å²) in [5.41, 5.74) is 0. The Bertz CT molecular complexity index is 808. The Morgan fingerprint density at radius 2 is 2.04 bits per heavy atom. The second-order valence-electron chi connectivity index (χ2n) is 6.13. The van der Waals surface area contributed by atoms with Crippen molar-refractivity contribution >= 4 is 17.7 Å². The third-order valence-electron chi connectivity index (χ3n) is 4.38. The van der Waals surface area contributed by atoms with Gasteiger partial charge in [0.15, 0.2) is 11.5 Å². The molecule has 7 nitrogen and oxygen atoms in total. The van der Waals surface area contributed by atoms with Gasteiger partial charge in [0, 0.05) is 6.07 Å². The van der Waals surface area contributed by atoms with Crippen LogP contribution in [-0.2, 0) is 14.3 Å². The van der Waals surface area contributed by atoms with Gasteiger partial charge in [0.05, 0.1) is 13.2 Å². The van der Waals surface area contributed by atoms with Crippen LogP contribution in [0.5, 0.6) is 17.2 Å². The smallest absolute Gasteiger partial charge is 0.348 e. The second kappa shape index (κ2) is 8.74. The maximum absolute atomic E-state index is 12.3. The van der Waals surface area contributed by atoms with Gasteiger partial charge in [0.25, 0.3) is 0 Å². The van der Waals surface area contributed by atoms with Gasteiger partial charge in [-0.05, 0) is 12.8 Å². The number of aromatic hydroxyl groups is 1. The Morgan fingerprint density at radius 1 is 1.31 bits per heavy atom. The van der Waals surface area contributed by atoms with Crippen LogP contribution in [0, 0.1) is 0 Å². The minimum Gasteiger partial charge on any atom is -0.508 e. The van der Waals surface area contributed by atoms with Crippen molar-refractivity contribution in [2.45, 2.75) is 58.2 Å². The topological polar surface area (TPSA) is 102 Å². The quantitative estimate of drug-likeness (QED) is 0.406. The molecule has 2 atom stereocenters. The molecule has 7 heteroatoms. The van der Waals surface area contributed by atoms with Crippen LogP contribution in [-0.4, -0.2) is 41.4 Å². The van der Waals surface area contributed by atoms with Crippen LogP contribution < -0.4 is 19.9 Å². The average molecular weight is 364 g/mol. The number of ether oxygens (including phenoxy) is 3. The van der Waals surface area contributed by atoms with E-state index < -0.39 is 23.6 Å². The zero-order chi connectivity index (χ0) is 19.3. The predicted octanol–water partition coefficient (Wildman–Crippen LogP) is 1.23. The molecule has 1 aliphatic heterocycles. The molecule has 0 bridgehead atoms. The molecule has 2 unspecified atom stereocenters. The molecule has 142 valence electrons. The third-order valence-corrected chi connectivity index (χ3v) is 4.38. The van der Waals surface area contributed by atoms with E-state index >= 15 is 0 Å². The number of fused-ring (bicyclic) bond motifs is 1. The SMILES string of the molecule is CCCCCC(CC)OC1C(=O)Oc2cc(=C=O)c(OC)c(O)c2=C1O. The Hall–Kier alpha value is -2.50. The van der Waals surface area contributed by atoms with E-state index in [1.54, 1.807) is 5.94 Å². The monoisotopic (exact) mass is 364 g/mol. The summed E-state index contributed by atoms with van der Waals surface area (Å²) in [7, 11) is 1.27. The minimum atomic E-state index is -1.34. The fraction of sp³-hybridized carbons (Fsp3) is 0.526. The molecule has 1 heterocycles. The number of phenolic OH excluding ortho intramolecular Hbond substituents is 1. The van der Waals surface area contributed by atoms with Crippen LogP contribution in [0.2, 0.25) is 0 Å². The lowest BCUT2D eigenvalue weighted by Crippen LogP contribution is -2.41. The van der Waals surface area contributed by atoms with E-state index in [1.807, 2.05) is 6.92 Å². The molecule has 1 aromatic rings. The van der Waals surface area contributed by atoms with E-state index in [0.717, 1.165) is 25.7 Å². The van der Waals surface area contributed by atoms with Gasteiger partial charge in [0.1, 0.15) is 27.9 Å². The Labute approximate surface area is 151 Å². The normalized spacial score (nSPS) is 17.3. The van der Waals surface area contributed by atoms with Crippen LogP contribution in [0.1, 0.15) is 46.0 Å². The number of esters is 1. The highest BCUT2D eigenvalue weighted by Gasteiger charge is 2.35. The molecule has 0 aromatic heterocycles. The summed E-state index contributed by atoms with van der Waals surface area (Å²) >= 11 is 0. The summed E-state index contributed by atoms with van der Waals surface area (Å²) in [5.74, 6) is -0.451. The minimum absolute atomic E-state index is 0.116. The molecule has 0 fully saturated rings. The molecule has 2 rings (SSSR count). The first-order chi connectivity index (χ1) is 12.5. The predicted molar refractivity (Wildman–Crippen MR) is 93.5 cm³/mol. The van der Waals surface area contributed by atoms with Gasteiger partial charge in [0.2, 0.25) is 6.10 Å². The molecule has 1 aromatic carbocycles. The Balaban J connectivity index is 2.45. The first-order valence-corrected chi connectivity index (χ1v) is 8.73. The zero-order valence-corrected chi connectivity index (χ0v) is 15.2. The van der Waals surface area contributed by atoms with Gasteiger partial charge in [-0.2, -0.15) is 0 Å². The molecule has 0 radical (unpaired) electrons. The van der Waals surface area contributed by atoms with Crippen molar-refractivity contribution in [1.82, 2.24) is 0 Å². The first-order valence-electron chi connectivity index (χ1n) is 8.73. The maximum Gasteiger partial charge on any atom is 0.348 e. The number of carbonyl (C=O) groups excluding carboxylic acids is 2. The summed E-state index contributed by atoms with van der Waals surface area (Å²) in [6.07, 6.45) is 2.92. The molecule has 0 saturated carbocycles. The van der Waals surface area contributed by atoms with Crippen molar-refractivity contribution in [1.29, 1.82) is 0 Å². The van der Waals surface area contributed by atoms with E-state index in [-0.39, 0.29) is 28.0 Å². The largest absolute Gasteiger partial charge is 0.508 e. The number of benzene rings is 1. The number of phenols is 1. The van der Waals surface area contributed by atoms with Gasteiger partial charge in [-0.25, -0.2) is 9.59 Å². The van der Waals surface area contributed by atoms with Crippen LogP contribution in [0.4, 0.5) is 0 Å². The van der Waals surface area contributed by atoms with E-state index in [4.69, 9.17) is 14.2 Å². The number of unbranched alkanes of at least 4 members (excludes halogenated alkanes) is 2. The second-order valence-corrected chi connectivity index (χ2v) is 6.13. The summed E-state index contributed by atoms with van der Waals surface area (Å²) in [6, 6.07) is 1.18. The lowest BCUT2D eigenvalue weighted by molar-refractivity contribution is -0.149. The van der Waals surface area contributed by atoms with E-state index in [1.165, 1.54) is 13.2 Å².